The van der Waals surface area contributed by atoms with Crippen LogP contribution in [0.3, 0.4) is 0 Å². The first-order valence-electron chi connectivity index (χ1n) is 7.01. The molecule has 0 radical (unpaired) electrons. The Kier molecular flexibility index (Phi) is 5.30. The number of amides is 1. The predicted molar refractivity (Wildman–Crippen MR) is 78.6 cm³/mol. The number of piperidine rings is 1. The lowest BCUT2D eigenvalue weighted by atomic mass is 9.95. The molecule has 1 aromatic heterocycles. The lowest BCUT2D eigenvalue weighted by molar-refractivity contribution is -0.00175. The molecular formula is C14H20N2O4S. The summed E-state index contributed by atoms with van der Waals surface area (Å²) >= 11 is 1.13. The van der Waals surface area contributed by atoms with Gasteiger partial charge in [-0.2, -0.15) is 0 Å². The quantitative estimate of drug-likeness (QED) is 0.793. The third kappa shape index (κ3) is 3.59. The van der Waals surface area contributed by atoms with Gasteiger partial charge in [-0.15, -0.1) is 11.3 Å². The Morgan fingerprint density at radius 2 is 2.29 bits per heavy atom. The van der Waals surface area contributed by atoms with Crippen molar-refractivity contribution >= 4 is 23.2 Å². The summed E-state index contributed by atoms with van der Waals surface area (Å²) < 4.78 is 10.3. The lowest BCUT2D eigenvalue weighted by Crippen LogP contribution is -2.46. The number of thiazole rings is 1. The van der Waals surface area contributed by atoms with Crippen LogP contribution in [0.4, 0.5) is 0 Å². The van der Waals surface area contributed by atoms with Crippen molar-refractivity contribution in [3.63, 3.8) is 0 Å². The van der Waals surface area contributed by atoms with E-state index in [0.717, 1.165) is 17.8 Å². The van der Waals surface area contributed by atoms with Crippen LogP contribution in [0, 0.1) is 5.92 Å². The van der Waals surface area contributed by atoms with Gasteiger partial charge in [0.1, 0.15) is 5.69 Å². The van der Waals surface area contributed by atoms with Gasteiger partial charge in [0.05, 0.1) is 12.7 Å². The summed E-state index contributed by atoms with van der Waals surface area (Å²) in [6.07, 6.45) is 0.949. The van der Waals surface area contributed by atoms with Crippen molar-refractivity contribution in [2.24, 2.45) is 5.92 Å². The Labute approximate surface area is 128 Å². The molecule has 7 heteroatoms. The molecule has 1 amide bonds. The minimum Gasteiger partial charge on any atom is -0.461 e. The van der Waals surface area contributed by atoms with Crippen LogP contribution in [0.25, 0.3) is 0 Å². The summed E-state index contributed by atoms with van der Waals surface area (Å²) in [6, 6.07) is 0. The van der Waals surface area contributed by atoms with Crippen LogP contribution in [-0.2, 0) is 9.47 Å². The van der Waals surface area contributed by atoms with E-state index >= 15 is 0 Å². The summed E-state index contributed by atoms with van der Waals surface area (Å²) in [5.74, 6) is -0.205. The van der Waals surface area contributed by atoms with E-state index in [0.29, 0.717) is 31.3 Å². The van der Waals surface area contributed by atoms with Crippen molar-refractivity contribution in [3.05, 3.63) is 16.1 Å². The van der Waals surface area contributed by atoms with Gasteiger partial charge in [0.2, 0.25) is 5.01 Å². The van der Waals surface area contributed by atoms with E-state index < -0.39 is 5.97 Å². The Bertz CT molecular complexity index is 517. The number of carbonyl (C=O) groups excluding carboxylic acids is 2. The number of ether oxygens (including phenoxy) is 2. The highest BCUT2D eigenvalue weighted by molar-refractivity contribution is 7.11. The number of hydrogen-bond donors (Lipinski definition) is 0. The Balaban J connectivity index is 2.05. The monoisotopic (exact) mass is 312 g/mol. The molecule has 1 aliphatic heterocycles. The van der Waals surface area contributed by atoms with Crippen LogP contribution in [0.15, 0.2) is 5.38 Å². The zero-order valence-corrected chi connectivity index (χ0v) is 13.3. The molecule has 0 spiro atoms. The third-order valence-electron chi connectivity index (χ3n) is 3.65. The summed E-state index contributed by atoms with van der Waals surface area (Å²) in [6.45, 7) is 5.39. The topological polar surface area (TPSA) is 68.7 Å². The van der Waals surface area contributed by atoms with E-state index in [-0.39, 0.29) is 17.0 Å². The molecule has 21 heavy (non-hydrogen) atoms. The van der Waals surface area contributed by atoms with Crippen molar-refractivity contribution in [2.45, 2.75) is 26.4 Å². The number of carbonyl (C=O) groups is 2. The minimum absolute atomic E-state index is 0.0471. The molecule has 6 nitrogen and oxygen atoms in total. The first-order valence-corrected chi connectivity index (χ1v) is 7.89. The molecular weight excluding hydrogens is 292 g/mol. The maximum absolute atomic E-state index is 12.4. The van der Waals surface area contributed by atoms with Gasteiger partial charge in [0.15, 0.2) is 0 Å². The Morgan fingerprint density at radius 3 is 2.95 bits per heavy atom. The molecule has 0 aromatic carbocycles. The standard InChI is InChI=1S/C14H20N2O4S/c1-4-20-14(18)12-15-10(8-21-12)13(17)16-6-5-9(2)11(7-16)19-3/h8-9,11H,4-7H2,1-3H3. The average Bonchev–Trinajstić information content (AvgIpc) is 2.97. The van der Waals surface area contributed by atoms with Crippen molar-refractivity contribution in [1.82, 2.24) is 9.88 Å². The molecule has 1 fully saturated rings. The maximum atomic E-state index is 12.4. The maximum Gasteiger partial charge on any atom is 0.367 e. The summed E-state index contributed by atoms with van der Waals surface area (Å²) in [4.78, 5) is 29.8. The molecule has 1 aliphatic rings. The predicted octanol–water partition coefficient (Wildman–Crippen LogP) is 1.82. The van der Waals surface area contributed by atoms with Gasteiger partial charge < -0.3 is 14.4 Å². The van der Waals surface area contributed by atoms with Crippen LogP contribution in [-0.4, -0.2) is 54.7 Å². The van der Waals surface area contributed by atoms with Crippen LogP contribution >= 0.6 is 11.3 Å². The second-order valence-electron chi connectivity index (χ2n) is 5.05. The van der Waals surface area contributed by atoms with E-state index in [1.54, 1.807) is 24.3 Å². The Morgan fingerprint density at radius 1 is 1.52 bits per heavy atom. The minimum atomic E-state index is -0.483. The summed E-state index contributed by atoms with van der Waals surface area (Å²) in [7, 11) is 1.66. The van der Waals surface area contributed by atoms with E-state index in [4.69, 9.17) is 9.47 Å². The van der Waals surface area contributed by atoms with E-state index in [9.17, 15) is 9.59 Å². The van der Waals surface area contributed by atoms with Gasteiger partial charge in [-0.1, -0.05) is 6.92 Å². The molecule has 1 aromatic rings. The van der Waals surface area contributed by atoms with Gasteiger partial charge in [0.25, 0.3) is 5.91 Å². The normalized spacial score (nSPS) is 22.1. The van der Waals surface area contributed by atoms with Crippen LogP contribution < -0.4 is 0 Å². The molecule has 0 bridgehead atoms. The zero-order chi connectivity index (χ0) is 15.4. The van der Waals surface area contributed by atoms with Crippen molar-refractivity contribution in [1.29, 1.82) is 0 Å². The smallest absolute Gasteiger partial charge is 0.367 e. The third-order valence-corrected chi connectivity index (χ3v) is 4.48. The van der Waals surface area contributed by atoms with Crippen molar-refractivity contribution in [3.8, 4) is 0 Å². The van der Waals surface area contributed by atoms with Gasteiger partial charge in [0, 0.05) is 25.6 Å². The molecule has 2 rings (SSSR count). The second-order valence-corrected chi connectivity index (χ2v) is 5.91. The van der Waals surface area contributed by atoms with Crippen LogP contribution in [0.1, 0.15) is 40.6 Å². The highest BCUT2D eigenvalue weighted by atomic mass is 32.1. The lowest BCUT2D eigenvalue weighted by Gasteiger charge is -2.35. The molecule has 2 atom stereocenters. The first-order chi connectivity index (χ1) is 10.1. The van der Waals surface area contributed by atoms with Crippen LogP contribution in [0.5, 0.6) is 0 Å². The number of esters is 1. The Hall–Kier alpha value is -1.47. The van der Waals surface area contributed by atoms with Gasteiger partial charge >= 0.3 is 5.97 Å². The van der Waals surface area contributed by atoms with Crippen molar-refractivity contribution < 1.29 is 19.1 Å². The van der Waals surface area contributed by atoms with E-state index in [2.05, 4.69) is 11.9 Å². The molecule has 0 aliphatic carbocycles. The highest BCUT2D eigenvalue weighted by Gasteiger charge is 2.30. The van der Waals surface area contributed by atoms with Gasteiger partial charge in [-0.3, -0.25) is 4.79 Å². The zero-order valence-electron chi connectivity index (χ0n) is 12.5. The van der Waals surface area contributed by atoms with Crippen molar-refractivity contribution in [2.75, 3.05) is 26.8 Å². The largest absolute Gasteiger partial charge is 0.461 e. The number of aromatic nitrogens is 1. The van der Waals surface area contributed by atoms with E-state index in [1.807, 2.05) is 0 Å². The average molecular weight is 312 g/mol. The molecule has 1 saturated heterocycles. The van der Waals surface area contributed by atoms with Gasteiger partial charge in [-0.05, 0) is 19.3 Å². The SMILES string of the molecule is CCOC(=O)c1nc(C(=O)N2CCC(C)C(OC)C2)cs1. The summed E-state index contributed by atoms with van der Waals surface area (Å²) in [5.41, 5.74) is 0.299. The number of likely N-dealkylation sites (tertiary alicyclic amines) is 1. The molecule has 0 N–H and O–H groups in total. The fourth-order valence-electron chi connectivity index (χ4n) is 2.35. The molecule has 116 valence electrons. The van der Waals surface area contributed by atoms with E-state index in [1.165, 1.54) is 0 Å². The number of hydrogen-bond acceptors (Lipinski definition) is 6. The second kappa shape index (κ2) is 7.00. The van der Waals surface area contributed by atoms with Crippen LogP contribution in [0.2, 0.25) is 0 Å². The fraction of sp³-hybridized carbons (Fsp3) is 0.643. The first kappa shape index (κ1) is 15.9. The van der Waals surface area contributed by atoms with Gasteiger partial charge in [-0.25, -0.2) is 9.78 Å². The number of nitrogens with zero attached hydrogens (tertiary/aromatic N) is 2. The number of rotatable bonds is 4. The molecule has 0 saturated carbocycles. The molecule has 2 unspecified atom stereocenters. The highest BCUT2D eigenvalue weighted by Crippen LogP contribution is 2.21. The summed E-state index contributed by atoms with van der Waals surface area (Å²) in [5, 5.41) is 1.82. The number of methoxy groups -OCH3 is 1. The fourth-order valence-corrected chi connectivity index (χ4v) is 3.03. The molecule has 2 heterocycles.